The van der Waals surface area contributed by atoms with Gasteiger partial charge in [0.15, 0.2) is 0 Å². The molecule has 2 nitrogen and oxygen atoms in total. The largest absolute Gasteiger partial charge is 0.393 e. The molecule has 24 heavy (non-hydrogen) atoms. The van der Waals surface area contributed by atoms with Crippen LogP contribution < -0.4 is 0 Å². The lowest BCUT2D eigenvalue weighted by Crippen LogP contribution is -2.36. The topological polar surface area (TPSA) is 23.5 Å². The van der Waals surface area contributed by atoms with E-state index in [1.165, 1.54) is 22.4 Å². The van der Waals surface area contributed by atoms with Crippen molar-refractivity contribution in [1.29, 1.82) is 0 Å². The van der Waals surface area contributed by atoms with Crippen LogP contribution in [-0.4, -0.2) is 35.7 Å². The number of piperidine rings is 1. The van der Waals surface area contributed by atoms with Crippen molar-refractivity contribution in [1.82, 2.24) is 4.90 Å². The highest BCUT2D eigenvalue weighted by Crippen LogP contribution is 2.22. The Morgan fingerprint density at radius 1 is 0.917 bits per heavy atom. The van der Waals surface area contributed by atoms with Crippen LogP contribution >= 0.6 is 11.8 Å². The first-order valence-corrected chi connectivity index (χ1v) is 9.94. The van der Waals surface area contributed by atoms with Crippen molar-refractivity contribution in [3.8, 4) is 0 Å². The quantitative estimate of drug-likeness (QED) is 0.757. The van der Waals surface area contributed by atoms with Crippen LogP contribution in [0.15, 0.2) is 59.5 Å². The van der Waals surface area contributed by atoms with Gasteiger partial charge < -0.3 is 10.0 Å². The average Bonchev–Trinajstić information content (AvgIpc) is 2.64. The van der Waals surface area contributed by atoms with E-state index >= 15 is 0 Å². The van der Waals surface area contributed by atoms with E-state index in [1.807, 2.05) is 11.8 Å². The van der Waals surface area contributed by atoms with Gasteiger partial charge in [-0.15, -0.1) is 11.8 Å². The monoisotopic (exact) mass is 341 g/mol. The molecule has 3 heteroatoms. The average molecular weight is 342 g/mol. The van der Waals surface area contributed by atoms with Crippen LogP contribution in [0.3, 0.4) is 0 Å². The summed E-state index contributed by atoms with van der Waals surface area (Å²) in [5, 5.41) is 9.54. The van der Waals surface area contributed by atoms with Gasteiger partial charge in [0.25, 0.3) is 0 Å². The fraction of sp³-hybridized carbons (Fsp3) is 0.429. The number of thioether (sulfide) groups is 1. The molecule has 2 aromatic rings. The fourth-order valence-electron chi connectivity index (χ4n) is 3.14. The van der Waals surface area contributed by atoms with Crippen LogP contribution in [0.1, 0.15) is 30.4 Å². The van der Waals surface area contributed by atoms with Gasteiger partial charge in [0.1, 0.15) is 0 Å². The Morgan fingerprint density at radius 3 is 2.29 bits per heavy atom. The number of aliphatic hydroxyl groups is 1. The van der Waals surface area contributed by atoms with Crippen LogP contribution in [-0.2, 0) is 12.2 Å². The predicted molar refractivity (Wildman–Crippen MR) is 102 cm³/mol. The van der Waals surface area contributed by atoms with Crippen LogP contribution in [0.2, 0.25) is 0 Å². The Labute approximate surface area is 149 Å². The molecule has 1 saturated heterocycles. The van der Waals surface area contributed by atoms with Gasteiger partial charge in [0.05, 0.1) is 6.10 Å². The zero-order valence-electron chi connectivity index (χ0n) is 14.2. The summed E-state index contributed by atoms with van der Waals surface area (Å²) in [4.78, 5) is 3.81. The molecule has 1 fully saturated rings. The first-order chi connectivity index (χ1) is 11.8. The van der Waals surface area contributed by atoms with Crippen molar-refractivity contribution < 1.29 is 5.11 Å². The zero-order chi connectivity index (χ0) is 16.6. The molecule has 128 valence electrons. The molecular weight excluding hydrogens is 314 g/mol. The van der Waals surface area contributed by atoms with E-state index in [0.717, 1.165) is 44.6 Å². The molecule has 1 aliphatic rings. The van der Waals surface area contributed by atoms with E-state index in [0.29, 0.717) is 0 Å². The number of aryl methyl sites for hydroxylation is 1. The smallest absolute Gasteiger partial charge is 0.0564 e. The molecule has 0 aromatic heterocycles. The van der Waals surface area contributed by atoms with Crippen LogP contribution in [0.25, 0.3) is 0 Å². The lowest BCUT2D eigenvalue weighted by Gasteiger charge is -2.29. The number of hydrogen-bond donors (Lipinski definition) is 1. The van der Waals surface area contributed by atoms with Gasteiger partial charge in [-0.3, -0.25) is 0 Å². The van der Waals surface area contributed by atoms with Crippen molar-refractivity contribution >= 4 is 11.8 Å². The molecule has 1 heterocycles. The normalized spacial score (nSPS) is 16.4. The summed E-state index contributed by atoms with van der Waals surface area (Å²) in [6.45, 7) is 3.26. The molecule has 0 unspecified atom stereocenters. The lowest BCUT2D eigenvalue weighted by molar-refractivity contribution is 0.0821. The van der Waals surface area contributed by atoms with E-state index in [9.17, 15) is 5.11 Å². The molecule has 0 amide bonds. The fourth-order valence-corrected chi connectivity index (χ4v) is 4.01. The second-order valence-corrected chi connectivity index (χ2v) is 7.64. The standard InChI is InChI=1S/C21H27NOS/c23-20-12-15-22(16-13-20)14-4-5-18-8-10-19(11-9-18)17-24-21-6-2-1-3-7-21/h1-3,6-11,20,23H,4-5,12-17H2. The highest BCUT2D eigenvalue weighted by atomic mass is 32.2. The molecule has 0 spiro atoms. The Balaban J connectivity index is 1.38. The van der Waals surface area contributed by atoms with E-state index < -0.39 is 0 Å². The number of hydrogen-bond acceptors (Lipinski definition) is 3. The minimum Gasteiger partial charge on any atom is -0.393 e. The van der Waals surface area contributed by atoms with Crippen molar-refractivity contribution in [2.24, 2.45) is 0 Å². The summed E-state index contributed by atoms with van der Waals surface area (Å²) in [6.07, 6.45) is 4.16. The summed E-state index contributed by atoms with van der Waals surface area (Å²) in [6, 6.07) is 19.7. The maximum Gasteiger partial charge on any atom is 0.0564 e. The van der Waals surface area contributed by atoms with Gasteiger partial charge in [-0.1, -0.05) is 42.5 Å². The molecular formula is C21H27NOS. The Kier molecular flexibility index (Phi) is 6.76. The molecule has 0 bridgehead atoms. The van der Waals surface area contributed by atoms with Gasteiger partial charge in [-0.2, -0.15) is 0 Å². The third kappa shape index (κ3) is 5.66. The molecule has 3 rings (SSSR count). The summed E-state index contributed by atoms with van der Waals surface area (Å²) in [7, 11) is 0. The maximum atomic E-state index is 9.54. The van der Waals surface area contributed by atoms with Crippen molar-refractivity contribution in [3.63, 3.8) is 0 Å². The number of benzene rings is 2. The van der Waals surface area contributed by atoms with Crippen LogP contribution in [0.4, 0.5) is 0 Å². The highest BCUT2D eigenvalue weighted by Gasteiger charge is 2.15. The predicted octanol–water partition coefficient (Wildman–Crippen LogP) is 4.37. The Bertz CT molecular complexity index is 591. The van der Waals surface area contributed by atoms with Gasteiger partial charge in [-0.05, 0) is 55.5 Å². The van der Waals surface area contributed by atoms with Gasteiger partial charge in [0, 0.05) is 23.7 Å². The first-order valence-electron chi connectivity index (χ1n) is 8.96. The molecule has 0 atom stereocenters. The van der Waals surface area contributed by atoms with Crippen molar-refractivity contribution in [2.45, 2.75) is 42.4 Å². The zero-order valence-corrected chi connectivity index (χ0v) is 15.0. The minimum absolute atomic E-state index is 0.0671. The third-order valence-electron chi connectivity index (χ3n) is 4.67. The second-order valence-electron chi connectivity index (χ2n) is 6.59. The molecule has 0 aliphatic carbocycles. The highest BCUT2D eigenvalue weighted by molar-refractivity contribution is 7.98. The van der Waals surface area contributed by atoms with Crippen LogP contribution in [0.5, 0.6) is 0 Å². The Morgan fingerprint density at radius 2 is 1.58 bits per heavy atom. The van der Waals surface area contributed by atoms with Gasteiger partial charge in [-0.25, -0.2) is 0 Å². The number of nitrogens with zero attached hydrogens (tertiary/aromatic N) is 1. The number of aliphatic hydroxyl groups excluding tert-OH is 1. The van der Waals surface area contributed by atoms with E-state index in [4.69, 9.17) is 0 Å². The van der Waals surface area contributed by atoms with Crippen LogP contribution in [0, 0.1) is 0 Å². The van der Waals surface area contributed by atoms with Crippen molar-refractivity contribution in [3.05, 3.63) is 65.7 Å². The molecule has 0 radical (unpaired) electrons. The number of likely N-dealkylation sites (tertiary alicyclic amines) is 1. The summed E-state index contributed by atoms with van der Waals surface area (Å²) in [5.41, 5.74) is 2.82. The summed E-state index contributed by atoms with van der Waals surface area (Å²) < 4.78 is 0. The van der Waals surface area contributed by atoms with E-state index in [-0.39, 0.29) is 6.10 Å². The van der Waals surface area contributed by atoms with E-state index in [1.54, 1.807) is 0 Å². The Hall–Kier alpha value is -1.29. The molecule has 1 N–H and O–H groups in total. The molecule has 2 aromatic carbocycles. The second kappa shape index (κ2) is 9.26. The van der Waals surface area contributed by atoms with E-state index in [2.05, 4.69) is 59.5 Å². The van der Waals surface area contributed by atoms with Gasteiger partial charge >= 0.3 is 0 Å². The van der Waals surface area contributed by atoms with Gasteiger partial charge in [0.2, 0.25) is 0 Å². The maximum absolute atomic E-state index is 9.54. The first kappa shape index (κ1) is 17.5. The van der Waals surface area contributed by atoms with Crippen molar-refractivity contribution in [2.75, 3.05) is 19.6 Å². The molecule has 0 saturated carbocycles. The third-order valence-corrected chi connectivity index (χ3v) is 5.75. The number of rotatable bonds is 7. The molecule has 1 aliphatic heterocycles. The minimum atomic E-state index is -0.0671. The summed E-state index contributed by atoms with van der Waals surface area (Å²) in [5.74, 6) is 1.03. The SMILES string of the molecule is OC1CCN(CCCc2ccc(CSc3ccccc3)cc2)CC1. The summed E-state index contributed by atoms with van der Waals surface area (Å²) >= 11 is 1.89. The lowest BCUT2D eigenvalue weighted by atomic mass is 10.1.